The summed E-state index contributed by atoms with van der Waals surface area (Å²) in [4.78, 5) is 37.1. The molecule has 2 aromatic rings. The summed E-state index contributed by atoms with van der Waals surface area (Å²) in [6.07, 6.45) is 2.92. The van der Waals surface area contributed by atoms with E-state index in [1.165, 1.54) is 4.90 Å². The van der Waals surface area contributed by atoms with Crippen molar-refractivity contribution in [3.63, 3.8) is 0 Å². The molecular weight excluding hydrogens is 472 g/mol. The summed E-state index contributed by atoms with van der Waals surface area (Å²) in [5.74, 6) is 0.433. The van der Waals surface area contributed by atoms with E-state index in [9.17, 15) is 9.59 Å². The Kier molecular flexibility index (Phi) is 6.30. The van der Waals surface area contributed by atoms with E-state index in [0.29, 0.717) is 29.4 Å². The third kappa shape index (κ3) is 5.23. The summed E-state index contributed by atoms with van der Waals surface area (Å²) in [7, 11) is 0. The molecule has 4 aliphatic rings. The summed E-state index contributed by atoms with van der Waals surface area (Å²) in [5, 5.41) is 0. The van der Waals surface area contributed by atoms with Crippen LogP contribution in [0.3, 0.4) is 0 Å². The van der Waals surface area contributed by atoms with Crippen LogP contribution < -0.4 is 14.7 Å². The van der Waals surface area contributed by atoms with Crippen molar-refractivity contribution in [2.45, 2.75) is 84.3 Å². The van der Waals surface area contributed by atoms with Crippen molar-refractivity contribution in [1.29, 1.82) is 0 Å². The number of anilines is 4. The second kappa shape index (κ2) is 9.20. The predicted octanol–water partition coefficient (Wildman–Crippen LogP) is 5.78. The van der Waals surface area contributed by atoms with Crippen LogP contribution in [-0.4, -0.2) is 53.7 Å². The Morgan fingerprint density at radius 3 is 2.32 bits per heavy atom. The normalized spacial score (nSPS) is 21.2. The van der Waals surface area contributed by atoms with Gasteiger partial charge in [-0.3, -0.25) is 4.90 Å². The maximum Gasteiger partial charge on any atom is 0.420 e. The highest BCUT2D eigenvalue weighted by Gasteiger charge is 2.39. The van der Waals surface area contributed by atoms with E-state index in [1.807, 2.05) is 65.8 Å². The number of pyridine rings is 1. The van der Waals surface area contributed by atoms with E-state index in [-0.39, 0.29) is 18.7 Å². The van der Waals surface area contributed by atoms with Crippen molar-refractivity contribution >= 4 is 35.1 Å². The molecule has 0 N–H and O–H groups in total. The zero-order chi connectivity index (χ0) is 26.5. The predicted molar refractivity (Wildman–Crippen MR) is 142 cm³/mol. The van der Waals surface area contributed by atoms with Gasteiger partial charge in [0.25, 0.3) is 0 Å². The van der Waals surface area contributed by atoms with Crippen LogP contribution in [0.1, 0.15) is 59.9 Å². The molecule has 2 amide bonds. The zero-order valence-electron chi connectivity index (χ0n) is 22.5. The van der Waals surface area contributed by atoms with Gasteiger partial charge in [0.1, 0.15) is 17.0 Å². The van der Waals surface area contributed by atoms with Crippen LogP contribution in [-0.2, 0) is 20.8 Å². The lowest BCUT2D eigenvalue weighted by Gasteiger charge is -2.46. The summed E-state index contributed by atoms with van der Waals surface area (Å²) in [6, 6.07) is 9.79. The van der Waals surface area contributed by atoms with Crippen molar-refractivity contribution < 1.29 is 23.8 Å². The molecule has 2 unspecified atom stereocenters. The van der Waals surface area contributed by atoms with Gasteiger partial charge in [0.05, 0.1) is 36.7 Å². The molecule has 2 atom stereocenters. The number of nitrogens with zero attached hydrogens (tertiary/aromatic N) is 4. The third-order valence-corrected chi connectivity index (χ3v) is 6.61. The number of amides is 2. The smallest absolute Gasteiger partial charge is 0.420 e. The van der Waals surface area contributed by atoms with Crippen molar-refractivity contribution in [1.82, 2.24) is 4.98 Å². The minimum Gasteiger partial charge on any atom is -0.443 e. The number of hydrogen-bond acceptors (Lipinski definition) is 7. The Bertz CT molecular complexity index is 1190. The molecule has 9 heteroatoms. The fourth-order valence-corrected chi connectivity index (χ4v) is 5.06. The average Bonchev–Trinajstić information content (AvgIpc) is 2.97. The minimum atomic E-state index is -0.712. The second-order valence-corrected chi connectivity index (χ2v) is 11.9. The first-order chi connectivity index (χ1) is 17.4. The van der Waals surface area contributed by atoms with Crippen LogP contribution >= 0.6 is 0 Å². The van der Waals surface area contributed by atoms with Gasteiger partial charge in [-0.05, 0) is 78.6 Å². The fourth-order valence-electron chi connectivity index (χ4n) is 5.06. The highest BCUT2D eigenvalue weighted by atomic mass is 16.6. The van der Waals surface area contributed by atoms with Crippen molar-refractivity contribution in [3.05, 3.63) is 42.1 Å². The van der Waals surface area contributed by atoms with Crippen LogP contribution in [0.5, 0.6) is 0 Å². The summed E-state index contributed by atoms with van der Waals surface area (Å²) in [5.41, 5.74) is 1.37. The van der Waals surface area contributed by atoms with Gasteiger partial charge in [0.15, 0.2) is 0 Å². The summed E-state index contributed by atoms with van der Waals surface area (Å²) >= 11 is 0. The molecule has 0 aliphatic carbocycles. The number of morpholine rings is 1. The van der Waals surface area contributed by atoms with Gasteiger partial charge in [-0.2, -0.15) is 0 Å². The monoisotopic (exact) mass is 508 g/mol. The van der Waals surface area contributed by atoms with Crippen LogP contribution in [0.15, 0.2) is 36.5 Å². The molecule has 4 aliphatic heterocycles. The van der Waals surface area contributed by atoms with Crippen molar-refractivity contribution in [3.8, 4) is 0 Å². The van der Waals surface area contributed by atoms with E-state index in [0.717, 1.165) is 25.1 Å². The zero-order valence-corrected chi connectivity index (χ0v) is 22.5. The number of rotatable bonds is 1. The number of hydrogen-bond donors (Lipinski definition) is 0. The molecule has 6 rings (SSSR count). The molecule has 5 heterocycles. The van der Waals surface area contributed by atoms with Crippen LogP contribution in [0.2, 0.25) is 0 Å². The SMILES string of the molecule is CC(C)(C)OC(=O)N1Cc2cccnc2N(C(=O)OC(C)(C)C)c2ccc(N3CC4CCC3CO4)cc21. The lowest BCUT2D eigenvalue weighted by molar-refractivity contribution is -0.0225. The number of carbonyl (C=O) groups excluding carboxylic acids is 2. The van der Waals surface area contributed by atoms with Gasteiger partial charge >= 0.3 is 12.2 Å². The van der Waals surface area contributed by atoms with E-state index in [1.54, 1.807) is 17.2 Å². The quantitative estimate of drug-likeness (QED) is 0.483. The standard InChI is InChI=1S/C28H36N4O5/c1-27(2,3)36-25(33)31-15-18-8-7-13-29-24(18)32(26(34)37-28(4,5)6)22-12-10-19(14-23(22)31)30-16-21-11-9-20(30)17-35-21/h7-8,10,12-14,20-21H,9,11,15-17H2,1-6H3. The number of aromatic nitrogens is 1. The fraction of sp³-hybridized carbons (Fsp3) is 0.536. The number of piperidine rings is 1. The molecule has 3 fully saturated rings. The Balaban J connectivity index is 1.65. The molecule has 3 saturated heterocycles. The number of ether oxygens (including phenoxy) is 3. The van der Waals surface area contributed by atoms with E-state index >= 15 is 0 Å². The van der Waals surface area contributed by atoms with E-state index < -0.39 is 23.4 Å². The van der Waals surface area contributed by atoms with E-state index in [4.69, 9.17) is 14.2 Å². The largest absolute Gasteiger partial charge is 0.443 e. The first-order valence-corrected chi connectivity index (χ1v) is 12.9. The van der Waals surface area contributed by atoms with Gasteiger partial charge in [0.2, 0.25) is 0 Å². The Hall–Kier alpha value is -3.33. The van der Waals surface area contributed by atoms with Crippen LogP contribution in [0, 0.1) is 0 Å². The molecule has 37 heavy (non-hydrogen) atoms. The molecule has 198 valence electrons. The first kappa shape index (κ1) is 25.3. The van der Waals surface area contributed by atoms with Gasteiger partial charge in [-0.15, -0.1) is 0 Å². The first-order valence-electron chi connectivity index (χ1n) is 12.9. The Labute approximate surface area is 218 Å². The summed E-state index contributed by atoms with van der Waals surface area (Å²) < 4.78 is 17.5. The average molecular weight is 509 g/mol. The second-order valence-electron chi connectivity index (χ2n) is 11.9. The van der Waals surface area contributed by atoms with Gasteiger partial charge in [-0.1, -0.05) is 6.07 Å². The van der Waals surface area contributed by atoms with Crippen LogP contribution in [0.25, 0.3) is 0 Å². The Morgan fingerprint density at radius 2 is 1.70 bits per heavy atom. The molecule has 0 saturated carbocycles. The van der Waals surface area contributed by atoms with Crippen LogP contribution in [0.4, 0.5) is 32.5 Å². The number of carbonyl (C=O) groups is 2. The lowest BCUT2D eigenvalue weighted by atomic mass is 9.96. The third-order valence-electron chi connectivity index (χ3n) is 6.61. The summed E-state index contributed by atoms with van der Waals surface area (Å²) in [6.45, 7) is 12.7. The van der Waals surface area contributed by atoms with Crippen molar-refractivity contribution in [2.24, 2.45) is 0 Å². The molecule has 1 aromatic heterocycles. The van der Waals surface area contributed by atoms with E-state index in [2.05, 4.69) is 9.88 Å². The molecule has 2 bridgehead atoms. The van der Waals surface area contributed by atoms with Gasteiger partial charge in [0, 0.05) is 24.0 Å². The molecule has 9 nitrogen and oxygen atoms in total. The molecule has 0 radical (unpaired) electrons. The lowest BCUT2D eigenvalue weighted by Crippen LogP contribution is -2.54. The maximum atomic E-state index is 13.6. The molecular formula is C28H36N4O5. The van der Waals surface area contributed by atoms with Crippen molar-refractivity contribution in [2.75, 3.05) is 27.9 Å². The number of benzene rings is 1. The molecule has 0 spiro atoms. The van der Waals surface area contributed by atoms with Gasteiger partial charge < -0.3 is 19.1 Å². The maximum absolute atomic E-state index is 13.6. The Morgan fingerprint density at radius 1 is 0.973 bits per heavy atom. The highest BCUT2D eigenvalue weighted by molar-refractivity contribution is 6.05. The molecule has 1 aromatic carbocycles. The topological polar surface area (TPSA) is 84.4 Å². The highest BCUT2D eigenvalue weighted by Crippen LogP contribution is 2.44. The number of fused-ring (bicyclic) bond motifs is 5. The minimum absolute atomic E-state index is 0.197. The van der Waals surface area contributed by atoms with Gasteiger partial charge in [-0.25, -0.2) is 19.5 Å².